The highest BCUT2D eigenvalue weighted by Crippen LogP contribution is 2.50. The predicted molar refractivity (Wildman–Crippen MR) is 167 cm³/mol. The van der Waals surface area contributed by atoms with E-state index < -0.39 is 0 Å². The molecule has 0 saturated carbocycles. The molecule has 0 unspecified atom stereocenters. The summed E-state index contributed by atoms with van der Waals surface area (Å²) in [6.07, 6.45) is 7.00. The van der Waals surface area contributed by atoms with Crippen molar-refractivity contribution in [3.05, 3.63) is 59.8 Å². The Hall–Kier alpha value is -3.90. The molecule has 0 bridgehead atoms. The van der Waals surface area contributed by atoms with Gasteiger partial charge in [0.05, 0.1) is 24.0 Å². The van der Waals surface area contributed by atoms with E-state index in [2.05, 4.69) is 50.4 Å². The van der Waals surface area contributed by atoms with Crippen molar-refractivity contribution in [2.45, 2.75) is 32.6 Å². The molecule has 3 fully saturated rings. The van der Waals surface area contributed by atoms with Crippen molar-refractivity contribution in [1.29, 1.82) is 0 Å². The lowest BCUT2D eigenvalue weighted by atomic mass is 9.72. The topological polar surface area (TPSA) is 63.1 Å². The molecule has 3 aliphatic heterocycles. The second-order valence-corrected chi connectivity index (χ2v) is 12.7. The Bertz CT molecular complexity index is 1550. The van der Waals surface area contributed by atoms with E-state index >= 15 is 4.39 Å². The first-order valence-electron chi connectivity index (χ1n) is 15.0. The van der Waals surface area contributed by atoms with Crippen molar-refractivity contribution in [2.24, 2.45) is 11.3 Å². The van der Waals surface area contributed by atoms with Crippen LogP contribution in [-0.2, 0) is 4.79 Å². The molecule has 9 heteroatoms. The third kappa shape index (κ3) is 4.92. The first kappa shape index (κ1) is 28.2. The third-order valence-corrected chi connectivity index (χ3v) is 9.67. The monoisotopic (exact) mass is 569 g/mol. The van der Waals surface area contributed by atoms with E-state index in [9.17, 15) is 4.79 Å². The largest absolute Gasteiger partial charge is 0.380 e. The van der Waals surface area contributed by atoms with Gasteiger partial charge in [0, 0.05) is 67.9 Å². The van der Waals surface area contributed by atoms with Gasteiger partial charge in [0.2, 0.25) is 11.6 Å². The average Bonchev–Trinajstić information content (AvgIpc) is 3.45. The van der Waals surface area contributed by atoms with Gasteiger partial charge in [-0.25, -0.2) is 9.24 Å². The first-order chi connectivity index (χ1) is 20.2. The molecule has 0 radical (unpaired) electrons. The van der Waals surface area contributed by atoms with Crippen molar-refractivity contribution in [3.63, 3.8) is 0 Å². The van der Waals surface area contributed by atoms with Gasteiger partial charge < -0.3 is 19.6 Å². The SMILES string of the molecule is [C-]#[N+]c1c(N2CCC3(CC2)CN(C(=O)C=C)C3)cc(N2CCC(CN(C)C)CC2)c(F)c1-c1c(C)ccc2[nH]ncc12. The van der Waals surface area contributed by atoms with E-state index in [4.69, 9.17) is 6.57 Å². The van der Waals surface area contributed by atoms with Crippen LogP contribution in [0.15, 0.2) is 37.1 Å². The molecular weight excluding hydrogens is 529 g/mol. The van der Waals surface area contributed by atoms with Gasteiger partial charge in [0.1, 0.15) is 5.82 Å². The fourth-order valence-electron chi connectivity index (χ4n) is 7.35. The van der Waals surface area contributed by atoms with E-state index in [1.807, 2.05) is 30.0 Å². The maximum absolute atomic E-state index is 16.9. The Balaban J connectivity index is 1.39. The fourth-order valence-corrected chi connectivity index (χ4v) is 7.35. The van der Waals surface area contributed by atoms with Gasteiger partial charge in [-0.2, -0.15) is 5.10 Å². The number of carbonyl (C=O) groups excluding carboxylic acids is 1. The molecule has 6 rings (SSSR count). The Morgan fingerprint density at radius 1 is 1.17 bits per heavy atom. The second-order valence-electron chi connectivity index (χ2n) is 12.7. The van der Waals surface area contributed by atoms with Crippen LogP contribution in [0.1, 0.15) is 31.2 Å². The van der Waals surface area contributed by atoms with Gasteiger partial charge in [-0.1, -0.05) is 12.6 Å². The number of fused-ring (bicyclic) bond motifs is 1. The number of likely N-dealkylation sites (tertiary alicyclic amines) is 1. The third-order valence-electron chi connectivity index (χ3n) is 9.67. The highest BCUT2D eigenvalue weighted by atomic mass is 19.1. The molecule has 220 valence electrons. The number of aromatic nitrogens is 2. The van der Waals surface area contributed by atoms with Crippen LogP contribution in [0.4, 0.5) is 21.5 Å². The van der Waals surface area contributed by atoms with Crippen molar-refractivity contribution in [1.82, 2.24) is 20.0 Å². The van der Waals surface area contributed by atoms with Gasteiger partial charge in [-0.3, -0.25) is 9.89 Å². The number of rotatable bonds is 6. The summed E-state index contributed by atoms with van der Waals surface area (Å²) >= 11 is 0. The van der Waals surface area contributed by atoms with Crippen molar-refractivity contribution >= 4 is 33.9 Å². The minimum atomic E-state index is -0.321. The lowest BCUT2D eigenvalue weighted by Gasteiger charge is -2.54. The van der Waals surface area contributed by atoms with Crippen LogP contribution < -0.4 is 9.80 Å². The molecule has 0 aliphatic carbocycles. The zero-order valence-electron chi connectivity index (χ0n) is 24.9. The molecule has 1 spiro atoms. The number of carbonyl (C=O) groups is 1. The smallest absolute Gasteiger partial charge is 0.245 e. The van der Waals surface area contributed by atoms with E-state index in [-0.39, 0.29) is 17.1 Å². The summed E-state index contributed by atoms with van der Waals surface area (Å²) in [5.74, 6) is 0.263. The molecule has 8 nitrogen and oxygen atoms in total. The van der Waals surface area contributed by atoms with Crippen LogP contribution in [-0.4, -0.2) is 85.8 Å². The summed E-state index contributed by atoms with van der Waals surface area (Å²) in [6, 6.07) is 5.87. The van der Waals surface area contributed by atoms with Crippen LogP contribution in [0.25, 0.3) is 26.9 Å². The molecule has 42 heavy (non-hydrogen) atoms. The number of hydrogen-bond acceptors (Lipinski definition) is 5. The number of halogens is 1. The number of nitrogens with zero attached hydrogens (tertiary/aromatic N) is 6. The van der Waals surface area contributed by atoms with Crippen LogP contribution >= 0.6 is 0 Å². The lowest BCUT2D eigenvalue weighted by Crippen LogP contribution is -2.61. The molecule has 4 heterocycles. The average molecular weight is 570 g/mol. The molecule has 0 atom stereocenters. The van der Waals surface area contributed by atoms with Gasteiger partial charge in [0.25, 0.3) is 0 Å². The zero-order valence-corrected chi connectivity index (χ0v) is 24.9. The number of aromatic amines is 1. The number of H-pyrrole nitrogens is 1. The number of anilines is 2. The number of nitrogens with one attached hydrogen (secondary N) is 1. The standard InChI is InChI=1S/C33H40FN7O/c1-6-28(42)41-20-33(21-41)11-15-40(16-12-33)27-17-26(39-13-9-23(10-14-39)19-38(4)5)31(34)30(32(27)35-3)29-22(2)7-8-25-24(29)18-36-37-25/h6-8,17-18,23H,1,9-16,19-21H2,2,4-5H3,(H,36,37). The summed E-state index contributed by atoms with van der Waals surface area (Å²) in [4.78, 5) is 24.6. The maximum atomic E-state index is 16.9. The highest BCUT2D eigenvalue weighted by molar-refractivity contribution is 6.03. The zero-order chi connectivity index (χ0) is 29.6. The summed E-state index contributed by atoms with van der Waals surface area (Å²) < 4.78 is 16.9. The lowest BCUT2D eigenvalue weighted by molar-refractivity contribution is -0.139. The minimum Gasteiger partial charge on any atom is -0.380 e. The Morgan fingerprint density at radius 3 is 2.50 bits per heavy atom. The van der Waals surface area contributed by atoms with E-state index in [1.165, 1.54) is 6.08 Å². The quantitative estimate of drug-likeness (QED) is 0.308. The molecule has 1 aromatic heterocycles. The molecule has 1 amide bonds. The van der Waals surface area contributed by atoms with Gasteiger partial charge >= 0.3 is 0 Å². The normalized spacial score (nSPS) is 18.9. The van der Waals surface area contributed by atoms with Crippen LogP contribution in [0.2, 0.25) is 0 Å². The summed E-state index contributed by atoms with van der Waals surface area (Å²) in [5.41, 5.74) is 4.73. The Kier molecular flexibility index (Phi) is 7.44. The van der Waals surface area contributed by atoms with E-state index in [0.717, 1.165) is 99.2 Å². The minimum absolute atomic E-state index is 0.00990. The van der Waals surface area contributed by atoms with Crippen molar-refractivity contribution < 1.29 is 9.18 Å². The maximum Gasteiger partial charge on any atom is 0.245 e. The van der Waals surface area contributed by atoms with Gasteiger partial charge in [-0.15, -0.1) is 0 Å². The van der Waals surface area contributed by atoms with E-state index in [1.54, 1.807) is 6.20 Å². The van der Waals surface area contributed by atoms with Crippen LogP contribution in [0.3, 0.4) is 0 Å². The van der Waals surface area contributed by atoms with Gasteiger partial charge in [-0.05, 0) is 82.0 Å². The number of hydrogen-bond donors (Lipinski definition) is 1. The predicted octanol–water partition coefficient (Wildman–Crippen LogP) is 5.62. The molecular formula is C33H40FN7O. The molecule has 3 aliphatic rings. The first-order valence-corrected chi connectivity index (χ1v) is 15.0. The molecule has 1 N–H and O–H groups in total. The molecule has 2 aromatic carbocycles. The van der Waals surface area contributed by atoms with Crippen LogP contribution in [0, 0.1) is 30.6 Å². The summed E-state index contributed by atoms with van der Waals surface area (Å²) in [5, 5.41) is 8.09. The number of piperidine rings is 2. The summed E-state index contributed by atoms with van der Waals surface area (Å²) in [7, 11) is 4.21. The van der Waals surface area contributed by atoms with Crippen molar-refractivity contribution in [3.8, 4) is 11.1 Å². The molecule has 3 saturated heterocycles. The second kappa shape index (κ2) is 11.1. The van der Waals surface area contributed by atoms with Gasteiger partial charge in [0.15, 0.2) is 0 Å². The Labute approximate surface area is 247 Å². The fraction of sp³-hybridized carbons (Fsp3) is 0.485. The Morgan fingerprint density at radius 2 is 1.86 bits per heavy atom. The van der Waals surface area contributed by atoms with Crippen LogP contribution in [0.5, 0.6) is 0 Å². The summed E-state index contributed by atoms with van der Waals surface area (Å²) in [6.45, 7) is 19.6. The van der Waals surface area contributed by atoms with Crippen molar-refractivity contribution in [2.75, 3.05) is 69.7 Å². The number of benzene rings is 2. The highest BCUT2D eigenvalue weighted by Gasteiger charge is 2.46. The molecule has 3 aromatic rings. The van der Waals surface area contributed by atoms with E-state index in [0.29, 0.717) is 22.9 Å². The number of amides is 1. The number of aryl methyl sites for hydroxylation is 1.